The van der Waals surface area contributed by atoms with Crippen molar-refractivity contribution < 1.29 is 27.5 Å². The summed E-state index contributed by atoms with van der Waals surface area (Å²) in [6.45, 7) is 6.40. The highest BCUT2D eigenvalue weighted by atomic mass is 35.5. The summed E-state index contributed by atoms with van der Waals surface area (Å²) in [5.74, 6) is -4.56. The van der Waals surface area contributed by atoms with E-state index in [9.17, 15) is 22.8 Å². The number of anilines is 1. The van der Waals surface area contributed by atoms with E-state index in [-0.39, 0.29) is 40.5 Å². The molecule has 1 amide bonds. The molecule has 0 spiro atoms. The van der Waals surface area contributed by atoms with Gasteiger partial charge in [0.05, 0.1) is 29.0 Å². The SMILES string of the molecule is C[C@H]([C@H](C(=O)Nc1cc([C@@H](CC(=O)OC(C)(C)C)C2CC2)ccc1Cl)c1ccc2c(Cl)cccc2c1)C(F)(F)F. The van der Waals surface area contributed by atoms with Gasteiger partial charge in [0.1, 0.15) is 5.60 Å². The van der Waals surface area contributed by atoms with Crippen LogP contribution in [0.15, 0.2) is 54.6 Å². The molecule has 40 heavy (non-hydrogen) atoms. The van der Waals surface area contributed by atoms with E-state index in [0.717, 1.165) is 25.3 Å². The molecule has 3 aromatic carbocycles. The molecule has 1 saturated carbocycles. The number of nitrogens with one attached hydrogen (secondary N) is 1. The number of carbonyl (C=O) groups is 2. The van der Waals surface area contributed by atoms with E-state index in [1.165, 1.54) is 6.07 Å². The fourth-order valence-corrected chi connectivity index (χ4v) is 5.42. The molecular formula is C31H32Cl2F3NO3. The average Bonchev–Trinajstić information content (AvgIpc) is 3.68. The second-order valence-corrected chi connectivity index (χ2v) is 12.3. The van der Waals surface area contributed by atoms with Crippen LogP contribution in [0.3, 0.4) is 0 Å². The number of fused-ring (bicyclic) bond motifs is 1. The van der Waals surface area contributed by atoms with Crippen molar-refractivity contribution in [2.75, 3.05) is 5.32 Å². The molecule has 1 aliphatic rings. The summed E-state index contributed by atoms with van der Waals surface area (Å²) in [4.78, 5) is 26.1. The fourth-order valence-electron chi connectivity index (χ4n) is 5.01. The van der Waals surface area contributed by atoms with Gasteiger partial charge in [-0.2, -0.15) is 13.2 Å². The lowest BCUT2D eigenvalue weighted by molar-refractivity contribution is -0.178. The number of alkyl halides is 3. The summed E-state index contributed by atoms with van der Waals surface area (Å²) in [5, 5.41) is 4.62. The Labute approximate surface area is 242 Å². The van der Waals surface area contributed by atoms with Crippen LogP contribution in [0.25, 0.3) is 10.8 Å². The predicted octanol–water partition coefficient (Wildman–Crippen LogP) is 9.29. The van der Waals surface area contributed by atoms with Crippen molar-refractivity contribution in [2.24, 2.45) is 11.8 Å². The maximum absolute atomic E-state index is 14.0. The van der Waals surface area contributed by atoms with Gasteiger partial charge in [-0.1, -0.05) is 66.5 Å². The zero-order valence-corrected chi connectivity index (χ0v) is 24.3. The van der Waals surface area contributed by atoms with Gasteiger partial charge in [-0.15, -0.1) is 0 Å². The van der Waals surface area contributed by atoms with Crippen molar-refractivity contribution in [2.45, 2.75) is 70.6 Å². The van der Waals surface area contributed by atoms with Crippen molar-refractivity contribution in [1.82, 2.24) is 0 Å². The second-order valence-electron chi connectivity index (χ2n) is 11.5. The predicted molar refractivity (Wildman–Crippen MR) is 153 cm³/mol. The van der Waals surface area contributed by atoms with Crippen molar-refractivity contribution >= 4 is 51.5 Å². The van der Waals surface area contributed by atoms with Crippen molar-refractivity contribution in [3.05, 3.63) is 75.8 Å². The Morgan fingerprint density at radius 3 is 2.27 bits per heavy atom. The molecule has 0 aliphatic heterocycles. The number of carbonyl (C=O) groups excluding carboxylic acids is 2. The standard InChI is InChI=1S/C31H32Cl2F3NO3/c1-17(31(34,35)36)28(21-10-12-22-19(14-21)6-5-7-24(22)32)29(39)37-26-15-20(11-13-25(26)33)23(18-8-9-18)16-27(38)40-30(2,3)4/h5-7,10-15,17-18,23,28H,8-9,16H2,1-4H3,(H,37,39)/t17-,23+,28+/m1/s1. The first kappa shape index (κ1) is 30.2. The third-order valence-electron chi connectivity index (χ3n) is 7.18. The summed E-state index contributed by atoms with van der Waals surface area (Å²) >= 11 is 12.6. The Morgan fingerprint density at radius 1 is 0.975 bits per heavy atom. The molecule has 0 unspecified atom stereocenters. The van der Waals surface area contributed by atoms with Crippen LogP contribution >= 0.6 is 23.2 Å². The van der Waals surface area contributed by atoms with Gasteiger partial charge >= 0.3 is 12.1 Å². The molecule has 9 heteroatoms. The number of rotatable bonds is 8. The van der Waals surface area contributed by atoms with Gasteiger partial charge in [0.25, 0.3) is 0 Å². The number of amides is 1. The summed E-state index contributed by atoms with van der Waals surface area (Å²) in [6, 6.07) is 14.9. The molecule has 1 aliphatic carbocycles. The third-order valence-corrected chi connectivity index (χ3v) is 7.84. The number of hydrogen-bond acceptors (Lipinski definition) is 3. The van der Waals surface area contributed by atoms with Crippen LogP contribution in [0.2, 0.25) is 10.0 Å². The van der Waals surface area contributed by atoms with Crippen LogP contribution in [0, 0.1) is 11.8 Å². The van der Waals surface area contributed by atoms with Crippen LogP contribution in [0.4, 0.5) is 18.9 Å². The fraction of sp³-hybridized carbons (Fsp3) is 0.419. The molecular weight excluding hydrogens is 562 g/mol. The minimum absolute atomic E-state index is 0.155. The van der Waals surface area contributed by atoms with E-state index >= 15 is 0 Å². The lowest BCUT2D eigenvalue weighted by atomic mass is 9.84. The van der Waals surface area contributed by atoms with Crippen LogP contribution in [-0.2, 0) is 14.3 Å². The monoisotopic (exact) mass is 593 g/mol. The average molecular weight is 595 g/mol. The smallest absolute Gasteiger partial charge is 0.392 e. The zero-order valence-electron chi connectivity index (χ0n) is 22.7. The van der Waals surface area contributed by atoms with E-state index in [4.69, 9.17) is 27.9 Å². The molecule has 0 saturated heterocycles. The lowest BCUT2D eigenvalue weighted by Crippen LogP contribution is -2.34. The second kappa shape index (κ2) is 11.6. The first-order chi connectivity index (χ1) is 18.6. The van der Waals surface area contributed by atoms with Gasteiger partial charge in [0.2, 0.25) is 5.91 Å². The molecule has 4 nitrogen and oxygen atoms in total. The number of halogens is 5. The molecule has 0 bridgehead atoms. The summed E-state index contributed by atoms with van der Waals surface area (Å²) in [7, 11) is 0. The minimum atomic E-state index is -4.62. The summed E-state index contributed by atoms with van der Waals surface area (Å²) < 4.78 is 47.4. The van der Waals surface area contributed by atoms with Gasteiger partial charge in [0, 0.05) is 10.4 Å². The van der Waals surface area contributed by atoms with Crippen molar-refractivity contribution in [3.8, 4) is 0 Å². The van der Waals surface area contributed by atoms with Gasteiger partial charge in [-0.25, -0.2) is 0 Å². The molecule has 3 aromatic rings. The van der Waals surface area contributed by atoms with E-state index in [2.05, 4.69) is 5.32 Å². The minimum Gasteiger partial charge on any atom is -0.460 e. The zero-order chi connectivity index (χ0) is 29.4. The third kappa shape index (κ3) is 7.29. The Hall–Kier alpha value is -2.77. The Kier molecular flexibility index (Phi) is 8.77. The van der Waals surface area contributed by atoms with Crippen LogP contribution < -0.4 is 5.32 Å². The number of hydrogen-bond donors (Lipinski definition) is 1. The largest absolute Gasteiger partial charge is 0.460 e. The summed E-state index contributed by atoms with van der Waals surface area (Å²) in [5.41, 5.74) is 0.559. The molecule has 214 valence electrons. The van der Waals surface area contributed by atoms with E-state index in [0.29, 0.717) is 15.8 Å². The normalized spacial score (nSPS) is 16.3. The van der Waals surface area contributed by atoms with E-state index in [1.807, 2.05) is 0 Å². The maximum Gasteiger partial charge on any atom is 0.392 e. The van der Waals surface area contributed by atoms with Gasteiger partial charge in [-0.3, -0.25) is 9.59 Å². The highest BCUT2D eigenvalue weighted by Crippen LogP contribution is 2.46. The molecule has 0 heterocycles. The maximum atomic E-state index is 14.0. The molecule has 1 fully saturated rings. The molecule has 0 aromatic heterocycles. The topological polar surface area (TPSA) is 55.4 Å². The Morgan fingerprint density at radius 2 is 1.65 bits per heavy atom. The Balaban J connectivity index is 1.65. The van der Waals surface area contributed by atoms with Crippen molar-refractivity contribution in [1.29, 1.82) is 0 Å². The van der Waals surface area contributed by atoms with Gasteiger partial charge in [0.15, 0.2) is 0 Å². The van der Waals surface area contributed by atoms with Gasteiger partial charge < -0.3 is 10.1 Å². The van der Waals surface area contributed by atoms with E-state index in [1.54, 1.807) is 69.3 Å². The number of ether oxygens (including phenoxy) is 1. The Bertz CT molecular complexity index is 1410. The quantitative estimate of drug-likeness (QED) is 0.265. The van der Waals surface area contributed by atoms with Crippen LogP contribution in [0.5, 0.6) is 0 Å². The van der Waals surface area contributed by atoms with Crippen LogP contribution in [0.1, 0.15) is 69.9 Å². The molecule has 0 radical (unpaired) electrons. The molecule has 3 atom stereocenters. The summed E-state index contributed by atoms with van der Waals surface area (Å²) in [6.07, 6.45) is -2.56. The first-order valence-corrected chi connectivity index (χ1v) is 14.0. The number of esters is 1. The molecule has 1 N–H and O–H groups in total. The van der Waals surface area contributed by atoms with Gasteiger partial charge in [-0.05, 0) is 80.2 Å². The van der Waals surface area contributed by atoms with E-state index < -0.39 is 29.5 Å². The molecule has 4 rings (SSSR count). The van der Waals surface area contributed by atoms with Crippen molar-refractivity contribution in [3.63, 3.8) is 0 Å². The first-order valence-electron chi connectivity index (χ1n) is 13.2. The highest BCUT2D eigenvalue weighted by molar-refractivity contribution is 6.35. The highest BCUT2D eigenvalue weighted by Gasteiger charge is 2.45. The number of benzene rings is 3. The van der Waals surface area contributed by atoms with Crippen LogP contribution in [-0.4, -0.2) is 23.7 Å². The lowest BCUT2D eigenvalue weighted by Gasteiger charge is -2.27.